The molecule has 1 aromatic rings. The molecule has 0 bridgehead atoms. The van der Waals surface area contributed by atoms with Crippen molar-refractivity contribution in [3.05, 3.63) is 24.3 Å². The van der Waals surface area contributed by atoms with Crippen LogP contribution >= 0.6 is 0 Å². The third kappa shape index (κ3) is 2.71. The fraction of sp³-hybridized carbons (Fsp3) is 0.625. The molecule has 19 heavy (non-hydrogen) atoms. The molecule has 0 atom stereocenters. The third-order valence-corrected chi connectivity index (χ3v) is 4.62. The van der Waals surface area contributed by atoms with Gasteiger partial charge in [0.1, 0.15) is 5.75 Å². The molecule has 2 aliphatic rings. The van der Waals surface area contributed by atoms with E-state index in [0.29, 0.717) is 5.41 Å². The Kier molecular flexibility index (Phi) is 3.65. The van der Waals surface area contributed by atoms with Gasteiger partial charge in [-0.3, -0.25) is 0 Å². The SMILES string of the molecule is CCOc1ccc(N2CCC3(CCNCC3)C2)cc1. The minimum atomic E-state index is 0.573. The molecule has 104 valence electrons. The Morgan fingerprint density at radius 1 is 1.16 bits per heavy atom. The van der Waals surface area contributed by atoms with E-state index in [1.54, 1.807) is 0 Å². The zero-order valence-corrected chi connectivity index (χ0v) is 11.8. The monoisotopic (exact) mass is 260 g/mol. The van der Waals surface area contributed by atoms with E-state index in [-0.39, 0.29) is 0 Å². The summed E-state index contributed by atoms with van der Waals surface area (Å²) in [6, 6.07) is 8.58. The van der Waals surface area contributed by atoms with Gasteiger partial charge in [-0.1, -0.05) is 0 Å². The van der Waals surface area contributed by atoms with Crippen LogP contribution in [0.4, 0.5) is 5.69 Å². The number of nitrogens with one attached hydrogen (secondary N) is 1. The molecule has 0 amide bonds. The van der Waals surface area contributed by atoms with E-state index in [2.05, 4.69) is 34.5 Å². The predicted molar refractivity (Wildman–Crippen MR) is 79.0 cm³/mol. The van der Waals surface area contributed by atoms with Crippen LogP contribution in [0.1, 0.15) is 26.2 Å². The first kappa shape index (κ1) is 12.8. The average molecular weight is 260 g/mol. The van der Waals surface area contributed by atoms with Gasteiger partial charge in [-0.2, -0.15) is 0 Å². The first-order valence-corrected chi connectivity index (χ1v) is 7.50. The lowest BCUT2D eigenvalue weighted by atomic mass is 9.78. The topological polar surface area (TPSA) is 24.5 Å². The smallest absolute Gasteiger partial charge is 0.119 e. The van der Waals surface area contributed by atoms with Crippen molar-refractivity contribution in [2.45, 2.75) is 26.2 Å². The van der Waals surface area contributed by atoms with E-state index in [4.69, 9.17) is 4.74 Å². The van der Waals surface area contributed by atoms with Crippen LogP contribution in [0, 0.1) is 5.41 Å². The average Bonchev–Trinajstić information content (AvgIpc) is 2.85. The highest BCUT2D eigenvalue weighted by Crippen LogP contribution is 2.40. The fourth-order valence-corrected chi connectivity index (χ4v) is 3.44. The lowest BCUT2D eigenvalue weighted by Crippen LogP contribution is -2.38. The van der Waals surface area contributed by atoms with E-state index in [1.165, 1.54) is 51.1 Å². The molecule has 0 aliphatic carbocycles. The quantitative estimate of drug-likeness (QED) is 0.904. The van der Waals surface area contributed by atoms with E-state index in [9.17, 15) is 0 Å². The molecule has 2 saturated heterocycles. The van der Waals surface area contributed by atoms with Gasteiger partial charge in [0, 0.05) is 18.8 Å². The summed E-state index contributed by atoms with van der Waals surface area (Å²) in [5.41, 5.74) is 1.92. The standard InChI is InChI=1S/C16H24N2O/c1-2-19-15-5-3-14(4-6-15)18-12-9-16(13-18)7-10-17-11-8-16/h3-6,17H,2,7-13H2,1H3. The number of piperidine rings is 1. The summed E-state index contributed by atoms with van der Waals surface area (Å²) in [6.07, 6.45) is 4.02. The van der Waals surface area contributed by atoms with Gasteiger partial charge in [-0.25, -0.2) is 0 Å². The third-order valence-electron chi connectivity index (χ3n) is 4.62. The molecule has 1 aromatic carbocycles. The van der Waals surface area contributed by atoms with Crippen LogP contribution in [0.5, 0.6) is 5.75 Å². The highest BCUT2D eigenvalue weighted by molar-refractivity contribution is 5.50. The number of nitrogens with zero attached hydrogens (tertiary/aromatic N) is 1. The molecule has 0 radical (unpaired) electrons. The van der Waals surface area contributed by atoms with Gasteiger partial charge in [0.05, 0.1) is 6.61 Å². The fourth-order valence-electron chi connectivity index (χ4n) is 3.44. The van der Waals surface area contributed by atoms with Crippen LogP contribution < -0.4 is 15.0 Å². The lowest BCUT2D eigenvalue weighted by molar-refractivity contribution is 0.232. The molecule has 3 rings (SSSR count). The summed E-state index contributed by atoms with van der Waals surface area (Å²) in [4.78, 5) is 2.54. The Hall–Kier alpha value is -1.22. The molecule has 1 N–H and O–H groups in total. The van der Waals surface area contributed by atoms with Gasteiger partial charge in [-0.05, 0) is 69.0 Å². The second kappa shape index (κ2) is 5.41. The van der Waals surface area contributed by atoms with Crippen molar-refractivity contribution in [2.24, 2.45) is 5.41 Å². The number of ether oxygens (including phenoxy) is 1. The Morgan fingerprint density at radius 2 is 1.89 bits per heavy atom. The summed E-state index contributed by atoms with van der Waals surface area (Å²) >= 11 is 0. The second-order valence-corrected chi connectivity index (χ2v) is 5.85. The van der Waals surface area contributed by atoms with Gasteiger partial charge in [0.15, 0.2) is 0 Å². The maximum atomic E-state index is 5.51. The van der Waals surface area contributed by atoms with Crippen molar-refractivity contribution < 1.29 is 4.74 Å². The maximum Gasteiger partial charge on any atom is 0.119 e. The zero-order chi connectivity index (χ0) is 13.1. The molecule has 3 heteroatoms. The van der Waals surface area contributed by atoms with Gasteiger partial charge in [0.2, 0.25) is 0 Å². The van der Waals surface area contributed by atoms with Gasteiger partial charge < -0.3 is 15.0 Å². The number of hydrogen-bond acceptors (Lipinski definition) is 3. The number of rotatable bonds is 3. The second-order valence-electron chi connectivity index (χ2n) is 5.85. The number of benzene rings is 1. The number of hydrogen-bond donors (Lipinski definition) is 1. The van der Waals surface area contributed by atoms with Crippen LogP contribution in [-0.2, 0) is 0 Å². The molecule has 0 saturated carbocycles. The summed E-state index contributed by atoms with van der Waals surface area (Å²) in [5, 5.41) is 3.48. The van der Waals surface area contributed by atoms with E-state index >= 15 is 0 Å². The van der Waals surface area contributed by atoms with Crippen molar-refractivity contribution in [1.82, 2.24) is 5.32 Å². The van der Waals surface area contributed by atoms with Crippen LogP contribution in [-0.4, -0.2) is 32.8 Å². The number of anilines is 1. The lowest BCUT2D eigenvalue weighted by Gasteiger charge is -2.34. The highest BCUT2D eigenvalue weighted by atomic mass is 16.5. The Balaban J connectivity index is 1.66. The van der Waals surface area contributed by atoms with Crippen LogP contribution in [0.15, 0.2) is 24.3 Å². The Morgan fingerprint density at radius 3 is 2.58 bits per heavy atom. The van der Waals surface area contributed by atoms with Crippen LogP contribution in [0.25, 0.3) is 0 Å². The minimum Gasteiger partial charge on any atom is -0.494 e. The summed E-state index contributed by atoms with van der Waals surface area (Å²) < 4.78 is 5.51. The molecule has 0 unspecified atom stereocenters. The molecular weight excluding hydrogens is 236 g/mol. The van der Waals surface area contributed by atoms with Gasteiger partial charge in [-0.15, -0.1) is 0 Å². The van der Waals surface area contributed by atoms with Crippen molar-refractivity contribution in [3.63, 3.8) is 0 Å². The predicted octanol–water partition coefficient (Wildman–Crippen LogP) is 2.67. The van der Waals surface area contributed by atoms with E-state index in [0.717, 1.165) is 12.4 Å². The first-order valence-electron chi connectivity index (χ1n) is 7.50. The summed E-state index contributed by atoms with van der Waals surface area (Å²) in [6.45, 7) is 7.57. The van der Waals surface area contributed by atoms with Crippen molar-refractivity contribution in [3.8, 4) is 5.75 Å². The van der Waals surface area contributed by atoms with Crippen LogP contribution in [0.3, 0.4) is 0 Å². The maximum absolute atomic E-state index is 5.51. The van der Waals surface area contributed by atoms with Crippen molar-refractivity contribution >= 4 is 5.69 Å². The molecule has 2 fully saturated rings. The molecular formula is C16H24N2O. The summed E-state index contributed by atoms with van der Waals surface area (Å²) in [7, 11) is 0. The van der Waals surface area contributed by atoms with Crippen molar-refractivity contribution in [2.75, 3.05) is 37.7 Å². The molecule has 1 spiro atoms. The largest absolute Gasteiger partial charge is 0.494 e. The van der Waals surface area contributed by atoms with Gasteiger partial charge >= 0.3 is 0 Å². The first-order chi connectivity index (χ1) is 9.31. The molecule has 0 aromatic heterocycles. The normalized spacial score (nSPS) is 21.8. The highest BCUT2D eigenvalue weighted by Gasteiger charge is 2.38. The minimum absolute atomic E-state index is 0.573. The molecule has 2 heterocycles. The zero-order valence-electron chi connectivity index (χ0n) is 11.8. The Bertz CT molecular complexity index is 409. The van der Waals surface area contributed by atoms with Crippen LogP contribution in [0.2, 0.25) is 0 Å². The van der Waals surface area contributed by atoms with Gasteiger partial charge in [0.25, 0.3) is 0 Å². The van der Waals surface area contributed by atoms with E-state index < -0.39 is 0 Å². The van der Waals surface area contributed by atoms with E-state index in [1.807, 2.05) is 6.92 Å². The molecule has 2 aliphatic heterocycles. The van der Waals surface area contributed by atoms with Crippen molar-refractivity contribution in [1.29, 1.82) is 0 Å². The molecule has 3 nitrogen and oxygen atoms in total. The summed E-state index contributed by atoms with van der Waals surface area (Å²) in [5.74, 6) is 0.974. The Labute approximate surface area is 115 Å².